The Labute approximate surface area is 208 Å². The van der Waals surface area contributed by atoms with Crippen LogP contribution in [0.3, 0.4) is 0 Å². The summed E-state index contributed by atoms with van der Waals surface area (Å²) in [6, 6.07) is 5.18. The zero-order chi connectivity index (χ0) is 25.4. The first kappa shape index (κ1) is 26.3. The highest BCUT2D eigenvalue weighted by molar-refractivity contribution is 6.35. The number of methoxy groups -OCH3 is 1. The van der Waals surface area contributed by atoms with E-state index in [1.807, 2.05) is 19.0 Å². The maximum atomic E-state index is 12.4. The molecule has 1 heterocycles. The lowest BCUT2D eigenvalue weighted by Gasteiger charge is -2.33. The van der Waals surface area contributed by atoms with Gasteiger partial charge in [-0.25, -0.2) is 4.98 Å². The topological polar surface area (TPSA) is 121 Å². The van der Waals surface area contributed by atoms with Crippen molar-refractivity contribution in [3.63, 3.8) is 0 Å². The van der Waals surface area contributed by atoms with Crippen LogP contribution in [0, 0.1) is 0 Å². The van der Waals surface area contributed by atoms with Gasteiger partial charge < -0.3 is 30.9 Å². The van der Waals surface area contributed by atoms with Crippen molar-refractivity contribution in [1.82, 2.24) is 25.5 Å². The van der Waals surface area contributed by atoms with Crippen molar-refractivity contribution in [2.75, 3.05) is 44.9 Å². The average Bonchev–Trinajstić information content (AvgIpc) is 2.82. The van der Waals surface area contributed by atoms with Crippen LogP contribution in [-0.4, -0.2) is 80.9 Å². The SMILES string of the molecule is [B]c1cnc(Nc2ccc(C(=O)NCCN(C)C)cc2OC)nc1N[C@@H]1CCCC[C@H]1NC(C)=O. The number of carbonyl (C=O) groups excluding carboxylic acids is 2. The second kappa shape index (κ2) is 12.4. The van der Waals surface area contributed by atoms with Gasteiger partial charge in [0.25, 0.3) is 5.91 Å². The zero-order valence-corrected chi connectivity index (χ0v) is 20.9. The van der Waals surface area contributed by atoms with Gasteiger partial charge in [0.15, 0.2) is 0 Å². The Kier molecular flexibility index (Phi) is 9.30. The van der Waals surface area contributed by atoms with E-state index < -0.39 is 0 Å². The van der Waals surface area contributed by atoms with Crippen molar-refractivity contribution in [2.24, 2.45) is 0 Å². The Morgan fingerprint density at radius 2 is 1.94 bits per heavy atom. The Morgan fingerprint density at radius 1 is 1.20 bits per heavy atom. The average molecular weight is 479 g/mol. The molecule has 186 valence electrons. The molecule has 1 aliphatic rings. The highest BCUT2D eigenvalue weighted by Gasteiger charge is 2.26. The van der Waals surface area contributed by atoms with Crippen LogP contribution >= 0.6 is 0 Å². The second-order valence-corrected chi connectivity index (χ2v) is 8.94. The number of aromatic nitrogens is 2. The van der Waals surface area contributed by atoms with Crippen molar-refractivity contribution in [2.45, 2.75) is 44.7 Å². The minimum Gasteiger partial charge on any atom is -0.495 e. The monoisotopic (exact) mass is 479 g/mol. The molecule has 1 fully saturated rings. The number of anilines is 3. The normalized spacial score (nSPS) is 17.5. The Bertz CT molecular complexity index is 1030. The van der Waals surface area contributed by atoms with Crippen LogP contribution in [0.1, 0.15) is 43.0 Å². The molecule has 10 nitrogen and oxygen atoms in total. The van der Waals surface area contributed by atoms with Gasteiger partial charge in [-0.1, -0.05) is 12.8 Å². The fourth-order valence-electron chi connectivity index (χ4n) is 4.03. The third-order valence-electron chi connectivity index (χ3n) is 5.85. The molecule has 0 unspecified atom stereocenters. The van der Waals surface area contributed by atoms with E-state index in [1.54, 1.807) is 18.2 Å². The lowest BCUT2D eigenvalue weighted by molar-refractivity contribution is -0.119. The minimum absolute atomic E-state index is 0.0172. The van der Waals surface area contributed by atoms with Crippen LogP contribution in [-0.2, 0) is 4.79 Å². The summed E-state index contributed by atoms with van der Waals surface area (Å²) in [5, 5.41) is 12.4. The van der Waals surface area contributed by atoms with Gasteiger partial charge in [0.1, 0.15) is 19.4 Å². The van der Waals surface area contributed by atoms with E-state index in [0.717, 1.165) is 32.2 Å². The molecule has 0 bridgehead atoms. The number of hydrogen-bond acceptors (Lipinski definition) is 8. The van der Waals surface area contributed by atoms with E-state index in [9.17, 15) is 9.59 Å². The van der Waals surface area contributed by atoms with E-state index in [0.29, 0.717) is 40.8 Å². The van der Waals surface area contributed by atoms with Crippen LogP contribution in [0.4, 0.5) is 17.5 Å². The van der Waals surface area contributed by atoms with Gasteiger partial charge in [0.2, 0.25) is 11.9 Å². The maximum Gasteiger partial charge on any atom is 0.251 e. The van der Waals surface area contributed by atoms with Crippen LogP contribution in [0.15, 0.2) is 24.4 Å². The van der Waals surface area contributed by atoms with Crippen LogP contribution in [0.25, 0.3) is 0 Å². The predicted molar refractivity (Wildman–Crippen MR) is 138 cm³/mol. The second-order valence-electron chi connectivity index (χ2n) is 8.94. The largest absolute Gasteiger partial charge is 0.495 e. The van der Waals surface area contributed by atoms with Crippen LogP contribution < -0.4 is 31.5 Å². The number of likely N-dealkylation sites (N-methyl/N-ethyl adjacent to an activating group) is 1. The standard InChI is InChI=1S/C24H34BN7O3/c1-15(33)28-18-7-5-6-8-19(18)29-22-17(25)14-27-24(31-22)30-20-10-9-16(13-21(20)35-4)23(34)26-11-12-32(2)3/h9-10,13-14,18-19H,5-8,11-12H2,1-4H3,(H,26,34)(H,28,33)(H2,27,29,30,31)/t18-,19-/m1/s1. The lowest BCUT2D eigenvalue weighted by atomic mass is 9.89. The number of nitrogens with zero attached hydrogens (tertiary/aromatic N) is 3. The quantitative estimate of drug-likeness (QED) is 0.375. The summed E-state index contributed by atoms with van der Waals surface area (Å²) in [6.07, 6.45) is 5.48. The fourth-order valence-corrected chi connectivity index (χ4v) is 4.03. The van der Waals surface area contributed by atoms with Crippen LogP contribution in [0.2, 0.25) is 0 Å². The highest BCUT2D eigenvalue weighted by Crippen LogP contribution is 2.28. The number of rotatable bonds is 10. The molecule has 2 amide bonds. The highest BCUT2D eigenvalue weighted by atomic mass is 16.5. The van der Waals surface area contributed by atoms with Gasteiger partial charge in [0.05, 0.1) is 12.8 Å². The first-order chi connectivity index (χ1) is 16.8. The maximum absolute atomic E-state index is 12.4. The van der Waals surface area contributed by atoms with Crippen molar-refractivity contribution < 1.29 is 14.3 Å². The van der Waals surface area contributed by atoms with Crippen molar-refractivity contribution >= 4 is 42.6 Å². The lowest BCUT2D eigenvalue weighted by Crippen LogP contribution is -2.48. The third-order valence-corrected chi connectivity index (χ3v) is 5.85. The van der Waals surface area contributed by atoms with Gasteiger partial charge in [-0.15, -0.1) is 0 Å². The first-order valence-corrected chi connectivity index (χ1v) is 11.8. The molecule has 2 radical (unpaired) electrons. The minimum atomic E-state index is -0.173. The Morgan fingerprint density at radius 3 is 2.63 bits per heavy atom. The first-order valence-electron chi connectivity index (χ1n) is 11.8. The summed E-state index contributed by atoms with van der Waals surface area (Å²) in [5.74, 6) is 1.09. The number of benzene rings is 1. The Balaban J connectivity index is 1.72. The summed E-state index contributed by atoms with van der Waals surface area (Å²) >= 11 is 0. The van der Waals surface area contributed by atoms with Crippen molar-refractivity contribution in [3.8, 4) is 5.75 Å². The zero-order valence-electron chi connectivity index (χ0n) is 20.9. The van der Waals surface area contributed by atoms with Gasteiger partial charge in [-0.3, -0.25) is 9.59 Å². The number of ether oxygens (including phenoxy) is 1. The van der Waals surface area contributed by atoms with Gasteiger partial charge >= 0.3 is 0 Å². The molecule has 3 rings (SSSR count). The summed E-state index contributed by atoms with van der Waals surface area (Å²) < 4.78 is 5.49. The molecule has 1 aromatic heterocycles. The molecule has 11 heteroatoms. The molecule has 0 spiro atoms. The molecule has 1 aromatic carbocycles. The van der Waals surface area contributed by atoms with E-state index in [4.69, 9.17) is 12.6 Å². The van der Waals surface area contributed by atoms with E-state index >= 15 is 0 Å². The number of amides is 2. The molecule has 2 atom stereocenters. The summed E-state index contributed by atoms with van der Waals surface area (Å²) in [4.78, 5) is 34.9. The molecule has 2 aromatic rings. The van der Waals surface area contributed by atoms with E-state index in [2.05, 4.69) is 31.2 Å². The van der Waals surface area contributed by atoms with E-state index in [-0.39, 0.29) is 23.9 Å². The van der Waals surface area contributed by atoms with Crippen molar-refractivity contribution in [3.05, 3.63) is 30.0 Å². The molecule has 1 aliphatic carbocycles. The van der Waals surface area contributed by atoms with Gasteiger partial charge in [0, 0.05) is 43.9 Å². The fraction of sp³-hybridized carbons (Fsp3) is 0.500. The van der Waals surface area contributed by atoms with Crippen molar-refractivity contribution in [1.29, 1.82) is 0 Å². The summed E-state index contributed by atoms with van der Waals surface area (Å²) in [6.45, 7) is 2.83. The molecule has 0 aliphatic heterocycles. The summed E-state index contributed by atoms with van der Waals surface area (Å²) in [5.41, 5.74) is 1.52. The molecule has 0 saturated heterocycles. The van der Waals surface area contributed by atoms with Crippen LogP contribution in [0.5, 0.6) is 5.75 Å². The molecule has 35 heavy (non-hydrogen) atoms. The van der Waals surface area contributed by atoms with Gasteiger partial charge in [-0.2, -0.15) is 4.98 Å². The molecule has 4 N–H and O–H groups in total. The predicted octanol–water partition coefficient (Wildman–Crippen LogP) is 1.17. The number of hydrogen-bond donors (Lipinski definition) is 4. The Hall–Kier alpha value is -3.34. The van der Waals surface area contributed by atoms with Gasteiger partial charge in [-0.05, 0) is 50.6 Å². The molecular formula is C24H34BN7O3. The molecule has 1 saturated carbocycles. The smallest absolute Gasteiger partial charge is 0.251 e. The number of carbonyl (C=O) groups is 2. The molecular weight excluding hydrogens is 445 g/mol. The number of nitrogens with one attached hydrogen (secondary N) is 4. The third kappa shape index (κ3) is 7.58. The van der Waals surface area contributed by atoms with E-state index in [1.165, 1.54) is 20.2 Å². The summed E-state index contributed by atoms with van der Waals surface area (Å²) in [7, 11) is 11.6.